The van der Waals surface area contributed by atoms with Gasteiger partial charge in [0.25, 0.3) is 6.36 Å². The quantitative estimate of drug-likeness (QED) is 0.386. The van der Waals surface area contributed by atoms with Crippen LogP contribution in [-0.2, 0) is 9.53 Å². The van der Waals surface area contributed by atoms with E-state index in [1.54, 1.807) is 0 Å². The van der Waals surface area contributed by atoms with Crippen molar-refractivity contribution in [2.45, 2.75) is 41.9 Å². The third kappa shape index (κ3) is 2.37. The number of rotatable bonds is 3. The molecule has 2 nitrogen and oxygen atoms in total. The molecule has 1 atom stereocenters. The van der Waals surface area contributed by atoms with Crippen LogP contribution in [0.5, 0.6) is 0 Å². The van der Waals surface area contributed by atoms with Gasteiger partial charge in [0.2, 0.25) is 0 Å². The van der Waals surface area contributed by atoms with Crippen LogP contribution in [0.1, 0.15) is 0 Å². The lowest BCUT2D eigenvalue weighted by Gasteiger charge is -2.53. The van der Waals surface area contributed by atoms with Crippen molar-refractivity contribution < 1.29 is 66.6 Å². The molecule has 0 heterocycles. The van der Waals surface area contributed by atoms with E-state index in [9.17, 15) is 61.9 Å². The number of hydrogen-bond donors (Lipinski definition) is 0. The Balaban J connectivity index is 3.77. The van der Waals surface area contributed by atoms with Gasteiger partial charge in [-0.2, -0.15) is 48.3 Å². The fraction of sp³-hybridized carbons (Fsp3) is 0.727. The summed E-state index contributed by atoms with van der Waals surface area (Å²) in [5.74, 6) is -36.8. The summed E-state index contributed by atoms with van der Waals surface area (Å²) in [6, 6.07) is 0. The Bertz CT molecular complexity index is 565. The van der Waals surface area contributed by atoms with E-state index in [-0.39, 0.29) is 6.08 Å². The standard InChI is InChI=1S/C11H5F13O2/c1-2-3(25)26-5(12)4-6(13,14)9(18,19)8(17,11(22,23)24)10(20,21)7(4,15)16/h2,4-5H,1H2. The van der Waals surface area contributed by atoms with Crippen molar-refractivity contribution in [3.05, 3.63) is 12.7 Å². The summed E-state index contributed by atoms with van der Waals surface area (Å²) in [6.07, 6.45) is -12.4. The third-order valence-electron chi connectivity index (χ3n) is 3.53. The van der Waals surface area contributed by atoms with Crippen LogP contribution in [0.15, 0.2) is 12.7 Å². The van der Waals surface area contributed by atoms with Crippen molar-refractivity contribution in [2.75, 3.05) is 0 Å². The molecule has 152 valence electrons. The van der Waals surface area contributed by atoms with Crippen LogP contribution in [-0.4, -0.2) is 47.9 Å². The van der Waals surface area contributed by atoms with Crippen LogP contribution in [0.2, 0.25) is 0 Å². The first-order valence-electron chi connectivity index (χ1n) is 5.99. The van der Waals surface area contributed by atoms with Crippen molar-refractivity contribution in [1.82, 2.24) is 0 Å². The fourth-order valence-corrected chi connectivity index (χ4v) is 2.19. The Morgan fingerprint density at radius 3 is 1.54 bits per heavy atom. The van der Waals surface area contributed by atoms with Crippen molar-refractivity contribution >= 4 is 5.97 Å². The molecule has 1 unspecified atom stereocenters. The van der Waals surface area contributed by atoms with E-state index in [2.05, 4.69) is 11.3 Å². The van der Waals surface area contributed by atoms with Gasteiger partial charge in [0.15, 0.2) is 5.92 Å². The van der Waals surface area contributed by atoms with Crippen LogP contribution >= 0.6 is 0 Å². The molecule has 0 saturated heterocycles. The van der Waals surface area contributed by atoms with Gasteiger partial charge in [-0.05, 0) is 0 Å². The topological polar surface area (TPSA) is 26.3 Å². The molecule has 26 heavy (non-hydrogen) atoms. The van der Waals surface area contributed by atoms with E-state index in [0.29, 0.717) is 0 Å². The molecule has 0 aromatic heterocycles. The minimum atomic E-state index is -7.77. The summed E-state index contributed by atoms with van der Waals surface area (Å²) in [5.41, 5.74) is -7.77. The summed E-state index contributed by atoms with van der Waals surface area (Å²) in [5, 5.41) is 0. The molecule has 0 aliphatic heterocycles. The van der Waals surface area contributed by atoms with Crippen LogP contribution in [0.3, 0.4) is 0 Å². The molecular formula is C11H5F13O2. The number of halogens is 13. The number of carbonyl (C=O) groups is 1. The zero-order chi connectivity index (χ0) is 21.1. The molecule has 0 N–H and O–H groups in total. The van der Waals surface area contributed by atoms with Gasteiger partial charge in [-0.15, -0.1) is 0 Å². The van der Waals surface area contributed by atoms with E-state index in [4.69, 9.17) is 0 Å². The summed E-state index contributed by atoms with van der Waals surface area (Å²) in [4.78, 5) is 10.6. The fourth-order valence-electron chi connectivity index (χ4n) is 2.19. The van der Waals surface area contributed by atoms with Gasteiger partial charge < -0.3 is 4.74 Å². The van der Waals surface area contributed by atoms with Gasteiger partial charge >= 0.3 is 41.5 Å². The number of hydrogen-bond acceptors (Lipinski definition) is 2. The maximum atomic E-state index is 13.6. The zero-order valence-corrected chi connectivity index (χ0v) is 11.7. The minimum absolute atomic E-state index is 0.0862. The number of ether oxygens (including phenoxy) is 1. The highest BCUT2D eigenvalue weighted by atomic mass is 19.4. The van der Waals surface area contributed by atoms with E-state index in [1.807, 2.05) is 0 Å². The van der Waals surface area contributed by atoms with Crippen molar-refractivity contribution in [3.8, 4) is 0 Å². The molecule has 1 saturated carbocycles. The lowest BCUT2D eigenvalue weighted by molar-refractivity contribution is -0.488. The predicted molar refractivity (Wildman–Crippen MR) is 54.4 cm³/mol. The molecule has 1 aliphatic carbocycles. The highest BCUT2D eigenvalue weighted by Gasteiger charge is 3.00. The first-order chi connectivity index (χ1) is 11.2. The first-order valence-corrected chi connectivity index (χ1v) is 5.99. The van der Waals surface area contributed by atoms with Gasteiger partial charge in [-0.25, -0.2) is 13.6 Å². The monoisotopic (exact) mass is 416 g/mol. The van der Waals surface area contributed by atoms with E-state index >= 15 is 0 Å². The molecule has 1 aliphatic rings. The molecular weight excluding hydrogens is 411 g/mol. The molecule has 0 bridgehead atoms. The van der Waals surface area contributed by atoms with Crippen molar-refractivity contribution in [3.63, 3.8) is 0 Å². The Morgan fingerprint density at radius 2 is 1.27 bits per heavy atom. The Labute approximate surface area is 134 Å². The predicted octanol–water partition coefficient (Wildman–Crippen LogP) is 4.45. The third-order valence-corrected chi connectivity index (χ3v) is 3.53. The second kappa shape index (κ2) is 5.65. The molecule has 15 heteroatoms. The average Bonchev–Trinajstić information content (AvgIpc) is 2.42. The van der Waals surface area contributed by atoms with Gasteiger partial charge in [-0.3, -0.25) is 0 Å². The molecule has 0 aromatic rings. The van der Waals surface area contributed by atoms with Crippen LogP contribution < -0.4 is 0 Å². The second-order valence-corrected chi connectivity index (χ2v) is 5.02. The smallest absolute Gasteiger partial charge is 0.427 e. The largest absolute Gasteiger partial charge is 0.435 e. The maximum absolute atomic E-state index is 13.6. The lowest BCUT2D eigenvalue weighted by atomic mass is 9.68. The van der Waals surface area contributed by atoms with Gasteiger partial charge in [0.05, 0.1) is 0 Å². The van der Waals surface area contributed by atoms with E-state index in [1.165, 1.54) is 0 Å². The second-order valence-electron chi connectivity index (χ2n) is 5.02. The lowest BCUT2D eigenvalue weighted by Crippen LogP contribution is -2.84. The summed E-state index contributed by atoms with van der Waals surface area (Å²) in [7, 11) is 0. The average molecular weight is 416 g/mol. The van der Waals surface area contributed by atoms with Gasteiger partial charge in [0, 0.05) is 6.08 Å². The molecule has 0 spiro atoms. The molecule has 0 amide bonds. The molecule has 1 fully saturated rings. The Morgan fingerprint density at radius 1 is 0.923 bits per heavy atom. The SMILES string of the molecule is C=CC(=O)OC(F)C1C(F)(F)C(F)(F)C(F)(C(F)(F)F)C(F)(F)C1(F)F. The summed E-state index contributed by atoms with van der Waals surface area (Å²) in [6.45, 7) is 2.52. The number of alkyl halides is 13. The maximum Gasteiger partial charge on any atom is 0.435 e. The highest BCUT2D eigenvalue weighted by molar-refractivity contribution is 5.81. The highest BCUT2D eigenvalue weighted by Crippen LogP contribution is 2.70. The first kappa shape index (κ1) is 22.3. The van der Waals surface area contributed by atoms with Crippen LogP contribution in [0.25, 0.3) is 0 Å². The number of carbonyl (C=O) groups excluding carboxylic acids is 1. The van der Waals surface area contributed by atoms with Crippen LogP contribution in [0, 0.1) is 5.92 Å². The van der Waals surface area contributed by atoms with Gasteiger partial charge in [0.1, 0.15) is 0 Å². The Kier molecular flexibility index (Phi) is 4.85. The molecule has 0 aromatic carbocycles. The van der Waals surface area contributed by atoms with Crippen molar-refractivity contribution in [2.24, 2.45) is 5.92 Å². The van der Waals surface area contributed by atoms with Crippen molar-refractivity contribution in [1.29, 1.82) is 0 Å². The minimum Gasteiger partial charge on any atom is -0.427 e. The summed E-state index contributed by atoms with van der Waals surface area (Å²) < 4.78 is 175. The van der Waals surface area contributed by atoms with Gasteiger partial charge in [-0.1, -0.05) is 6.58 Å². The van der Waals surface area contributed by atoms with Crippen LogP contribution in [0.4, 0.5) is 57.1 Å². The molecule has 1 rings (SSSR count). The Hall–Kier alpha value is -1.70. The number of esters is 1. The summed E-state index contributed by atoms with van der Waals surface area (Å²) >= 11 is 0. The zero-order valence-electron chi connectivity index (χ0n) is 11.7. The normalized spacial score (nSPS) is 33.2. The van der Waals surface area contributed by atoms with E-state index in [0.717, 1.165) is 0 Å². The van der Waals surface area contributed by atoms with E-state index < -0.39 is 53.8 Å². The molecule has 0 radical (unpaired) electrons.